The number of hydrogen-bond donors (Lipinski definition) is 0. The summed E-state index contributed by atoms with van der Waals surface area (Å²) in [6, 6.07) is 6.02. The maximum atomic E-state index is 11.4. The van der Waals surface area contributed by atoms with Crippen LogP contribution in [-0.4, -0.2) is 12.6 Å². The van der Waals surface area contributed by atoms with Gasteiger partial charge in [-0.25, -0.2) is 0 Å². The first-order valence-corrected chi connectivity index (χ1v) is 5.84. The van der Waals surface area contributed by atoms with Gasteiger partial charge in [0.05, 0.1) is 0 Å². The highest BCUT2D eigenvalue weighted by atomic mass is 16.7. The summed E-state index contributed by atoms with van der Waals surface area (Å²) in [5.74, 6) is 2.21. The van der Waals surface area contributed by atoms with Gasteiger partial charge in [0.1, 0.15) is 0 Å². The van der Waals surface area contributed by atoms with Crippen LogP contribution in [0.15, 0.2) is 30.4 Å². The Morgan fingerprint density at radius 2 is 2.06 bits per heavy atom. The van der Waals surface area contributed by atoms with Gasteiger partial charge in [-0.1, -0.05) is 12.6 Å². The molecule has 1 aromatic carbocycles. The zero-order valence-corrected chi connectivity index (χ0v) is 9.57. The van der Waals surface area contributed by atoms with E-state index in [4.69, 9.17) is 9.47 Å². The molecule has 3 heteroatoms. The molecule has 0 N–H and O–H groups in total. The second-order valence-electron chi connectivity index (χ2n) is 4.58. The summed E-state index contributed by atoms with van der Waals surface area (Å²) in [5, 5.41) is 0. The van der Waals surface area contributed by atoms with E-state index in [0.29, 0.717) is 19.1 Å². The molecule has 0 spiro atoms. The van der Waals surface area contributed by atoms with Crippen LogP contribution in [0.25, 0.3) is 0 Å². The van der Waals surface area contributed by atoms with Gasteiger partial charge in [0.25, 0.3) is 0 Å². The second-order valence-corrected chi connectivity index (χ2v) is 4.58. The van der Waals surface area contributed by atoms with Crippen molar-refractivity contribution in [2.24, 2.45) is 0 Å². The molecule has 3 nitrogen and oxygen atoms in total. The molecular weight excluding hydrogens is 216 g/mol. The van der Waals surface area contributed by atoms with Crippen LogP contribution in [0.1, 0.15) is 30.7 Å². The molecule has 0 saturated heterocycles. The average Bonchev–Trinajstić information content (AvgIpc) is 2.79. The molecule has 1 unspecified atom stereocenters. The van der Waals surface area contributed by atoms with E-state index in [1.165, 1.54) is 5.56 Å². The van der Waals surface area contributed by atoms with E-state index >= 15 is 0 Å². The fourth-order valence-electron chi connectivity index (χ4n) is 2.45. The summed E-state index contributed by atoms with van der Waals surface area (Å²) in [6.07, 6.45) is 2.27. The van der Waals surface area contributed by atoms with Crippen LogP contribution >= 0.6 is 0 Å². The van der Waals surface area contributed by atoms with Crippen molar-refractivity contribution in [3.63, 3.8) is 0 Å². The Balaban J connectivity index is 1.85. The monoisotopic (exact) mass is 230 g/mol. The lowest BCUT2D eigenvalue weighted by molar-refractivity contribution is -0.116. The third-order valence-electron chi connectivity index (χ3n) is 3.48. The number of allylic oxidation sites excluding steroid dienone is 1. The van der Waals surface area contributed by atoms with E-state index in [9.17, 15) is 4.79 Å². The Labute approximate surface area is 100 Å². The smallest absolute Gasteiger partial charge is 0.231 e. The molecule has 3 rings (SSSR count). The van der Waals surface area contributed by atoms with Crippen molar-refractivity contribution < 1.29 is 14.3 Å². The summed E-state index contributed by atoms with van der Waals surface area (Å²) in [5.41, 5.74) is 1.96. The molecule has 1 aliphatic carbocycles. The minimum absolute atomic E-state index is 0.210. The lowest BCUT2D eigenvalue weighted by Gasteiger charge is -2.23. The van der Waals surface area contributed by atoms with Gasteiger partial charge in [-0.15, -0.1) is 0 Å². The van der Waals surface area contributed by atoms with E-state index in [2.05, 4.69) is 12.6 Å². The Kier molecular flexibility index (Phi) is 2.39. The van der Waals surface area contributed by atoms with Crippen molar-refractivity contribution in [1.29, 1.82) is 0 Å². The van der Waals surface area contributed by atoms with Gasteiger partial charge in [-0.05, 0) is 42.0 Å². The summed E-state index contributed by atoms with van der Waals surface area (Å²) in [6.45, 7) is 4.14. The van der Waals surface area contributed by atoms with E-state index in [1.54, 1.807) is 0 Å². The molecule has 1 aliphatic heterocycles. The van der Waals surface area contributed by atoms with Crippen molar-refractivity contribution in [2.45, 2.75) is 25.2 Å². The lowest BCUT2D eigenvalue weighted by atomic mass is 9.81. The summed E-state index contributed by atoms with van der Waals surface area (Å²) >= 11 is 0. The quantitative estimate of drug-likeness (QED) is 0.696. The van der Waals surface area contributed by atoms with Crippen molar-refractivity contribution in [1.82, 2.24) is 0 Å². The van der Waals surface area contributed by atoms with Crippen molar-refractivity contribution in [3.8, 4) is 11.5 Å². The molecule has 1 atom stereocenters. The fourth-order valence-corrected chi connectivity index (χ4v) is 2.45. The van der Waals surface area contributed by atoms with Crippen LogP contribution < -0.4 is 9.47 Å². The normalized spacial score (nSPS) is 22.9. The second kappa shape index (κ2) is 3.91. The molecule has 1 aromatic rings. The minimum Gasteiger partial charge on any atom is -0.454 e. The predicted molar refractivity (Wildman–Crippen MR) is 63.3 cm³/mol. The van der Waals surface area contributed by atoms with E-state index in [0.717, 1.165) is 29.9 Å². The maximum Gasteiger partial charge on any atom is 0.231 e. The standard InChI is InChI=1S/C14H14O3/c1-9-6-10(2-4-12(9)15)11-3-5-13-14(7-11)17-8-16-13/h3,5,7,10H,1-2,4,6,8H2. The number of hydrogen-bond acceptors (Lipinski definition) is 3. The van der Waals surface area contributed by atoms with E-state index in [1.807, 2.05) is 12.1 Å². The number of carbonyl (C=O) groups is 1. The van der Waals surface area contributed by atoms with E-state index in [-0.39, 0.29) is 5.78 Å². The highest BCUT2D eigenvalue weighted by molar-refractivity contribution is 5.95. The molecule has 88 valence electrons. The third-order valence-corrected chi connectivity index (χ3v) is 3.48. The van der Waals surface area contributed by atoms with Gasteiger partial charge in [0.15, 0.2) is 17.3 Å². The van der Waals surface area contributed by atoms with Gasteiger partial charge in [-0.3, -0.25) is 4.79 Å². The molecule has 1 heterocycles. The number of carbonyl (C=O) groups excluding carboxylic acids is 1. The van der Waals surface area contributed by atoms with Gasteiger partial charge in [-0.2, -0.15) is 0 Å². The third kappa shape index (κ3) is 1.82. The van der Waals surface area contributed by atoms with Crippen LogP contribution in [0.5, 0.6) is 11.5 Å². The Morgan fingerprint density at radius 3 is 2.88 bits per heavy atom. The molecule has 17 heavy (non-hydrogen) atoms. The SMILES string of the molecule is C=C1CC(c2ccc3c(c2)OCO3)CCC1=O. The molecule has 0 radical (unpaired) electrons. The largest absolute Gasteiger partial charge is 0.454 e. The number of ketones is 1. The topological polar surface area (TPSA) is 35.5 Å². The molecule has 0 aromatic heterocycles. The summed E-state index contributed by atoms with van der Waals surface area (Å²) in [4.78, 5) is 11.4. The fraction of sp³-hybridized carbons (Fsp3) is 0.357. The van der Waals surface area contributed by atoms with Gasteiger partial charge in [0, 0.05) is 6.42 Å². The molecular formula is C14H14O3. The Morgan fingerprint density at radius 1 is 1.24 bits per heavy atom. The van der Waals surface area contributed by atoms with Crippen LogP contribution in [0.4, 0.5) is 0 Å². The number of ether oxygens (including phenoxy) is 2. The number of Topliss-reactive ketones (excluding diaryl/α,β-unsaturated/α-hetero) is 1. The lowest BCUT2D eigenvalue weighted by Crippen LogP contribution is -2.14. The van der Waals surface area contributed by atoms with Crippen molar-refractivity contribution in [3.05, 3.63) is 35.9 Å². The first-order valence-electron chi connectivity index (χ1n) is 5.84. The van der Waals surface area contributed by atoms with Gasteiger partial charge < -0.3 is 9.47 Å². The Hall–Kier alpha value is -1.77. The summed E-state index contributed by atoms with van der Waals surface area (Å²) < 4.78 is 10.7. The highest BCUT2D eigenvalue weighted by Gasteiger charge is 2.24. The first kappa shape index (κ1) is 10.4. The Bertz CT molecular complexity index is 490. The van der Waals surface area contributed by atoms with Crippen molar-refractivity contribution in [2.75, 3.05) is 6.79 Å². The van der Waals surface area contributed by atoms with Crippen LogP contribution in [-0.2, 0) is 4.79 Å². The molecule has 1 saturated carbocycles. The zero-order valence-electron chi connectivity index (χ0n) is 9.57. The minimum atomic E-state index is 0.210. The number of benzene rings is 1. The van der Waals surface area contributed by atoms with Crippen LogP contribution in [0.2, 0.25) is 0 Å². The molecule has 2 aliphatic rings. The van der Waals surface area contributed by atoms with Crippen molar-refractivity contribution >= 4 is 5.78 Å². The van der Waals surface area contributed by atoms with Crippen LogP contribution in [0, 0.1) is 0 Å². The molecule has 1 fully saturated rings. The highest BCUT2D eigenvalue weighted by Crippen LogP contribution is 2.39. The number of rotatable bonds is 1. The summed E-state index contributed by atoms with van der Waals surface area (Å²) in [7, 11) is 0. The first-order chi connectivity index (χ1) is 8.24. The van der Waals surface area contributed by atoms with E-state index < -0.39 is 0 Å². The predicted octanol–water partition coefficient (Wildman–Crippen LogP) is 2.81. The molecule has 0 bridgehead atoms. The maximum absolute atomic E-state index is 11.4. The van der Waals surface area contributed by atoms with Gasteiger partial charge >= 0.3 is 0 Å². The zero-order chi connectivity index (χ0) is 11.8. The van der Waals surface area contributed by atoms with Crippen LogP contribution in [0.3, 0.4) is 0 Å². The molecule has 0 amide bonds. The number of fused-ring (bicyclic) bond motifs is 1. The average molecular weight is 230 g/mol. The van der Waals surface area contributed by atoms with Gasteiger partial charge in [0.2, 0.25) is 6.79 Å².